The smallest absolute Gasteiger partial charge is 0.269 e. The highest BCUT2D eigenvalue weighted by Gasteiger charge is 2.22. The van der Waals surface area contributed by atoms with Gasteiger partial charge in [-0.3, -0.25) is 9.79 Å². The van der Waals surface area contributed by atoms with Crippen molar-refractivity contribution in [1.82, 2.24) is 10.3 Å². The molecule has 0 radical (unpaired) electrons. The molecule has 1 aliphatic heterocycles. The summed E-state index contributed by atoms with van der Waals surface area (Å²) in [6.45, 7) is 0.742. The van der Waals surface area contributed by atoms with Gasteiger partial charge in [-0.1, -0.05) is 42.1 Å². The Morgan fingerprint density at radius 2 is 2.04 bits per heavy atom. The van der Waals surface area contributed by atoms with Crippen LogP contribution >= 0.6 is 23.1 Å². The number of aliphatic imine (C=N–C) groups is 1. The quantitative estimate of drug-likeness (QED) is 0.774. The van der Waals surface area contributed by atoms with E-state index in [0.717, 1.165) is 17.9 Å². The Kier molecular flexibility index (Phi) is 4.18. The molecule has 24 heavy (non-hydrogen) atoms. The fourth-order valence-corrected chi connectivity index (χ4v) is 4.01. The number of rotatable bonds is 3. The second-order valence-corrected chi connectivity index (χ2v) is 7.11. The van der Waals surface area contributed by atoms with Crippen molar-refractivity contribution < 1.29 is 9.21 Å². The zero-order valence-corrected chi connectivity index (χ0v) is 14.2. The average molecular weight is 355 g/mol. The number of thioether (sulfide) groups is 1. The monoisotopic (exact) mass is 355 g/mol. The highest BCUT2D eigenvalue weighted by Crippen LogP contribution is 2.34. The molecule has 0 unspecified atom stereocenters. The molecule has 4 rings (SSSR count). The standard InChI is InChI=1S/C17H13N3O2S2/c21-15(20-17-18-8-10-23-17)14-13(11-5-2-1-3-6-11)19-16(24-14)12-7-4-9-22-12/h1-7,9H,8,10H2,(H,18,20,21). The number of hydrogen-bond donors (Lipinski definition) is 1. The molecule has 120 valence electrons. The number of thiazole rings is 1. The lowest BCUT2D eigenvalue weighted by Crippen LogP contribution is -2.27. The molecule has 0 atom stereocenters. The highest BCUT2D eigenvalue weighted by molar-refractivity contribution is 8.14. The van der Waals surface area contributed by atoms with Gasteiger partial charge in [0.1, 0.15) is 4.88 Å². The van der Waals surface area contributed by atoms with Gasteiger partial charge in [-0.25, -0.2) is 4.98 Å². The van der Waals surface area contributed by atoms with Crippen molar-refractivity contribution in [3.63, 3.8) is 0 Å². The van der Waals surface area contributed by atoms with E-state index >= 15 is 0 Å². The lowest BCUT2D eigenvalue weighted by molar-refractivity contribution is 0.0982. The maximum Gasteiger partial charge on any atom is 0.269 e. The van der Waals surface area contributed by atoms with Gasteiger partial charge < -0.3 is 9.73 Å². The van der Waals surface area contributed by atoms with E-state index in [1.54, 1.807) is 18.0 Å². The molecule has 0 saturated heterocycles. The summed E-state index contributed by atoms with van der Waals surface area (Å²) in [5.41, 5.74) is 1.56. The van der Waals surface area contributed by atoms with Crippen LogP contribution in [0.15, 0.2) is 58.1 Å². The van der Waals surface area contributed by atoms with Crippen LogP contribution in [0.1, 0.15) is 9.67 Å². The van der Waals surface area contributed by atoms with E-state index in [2.05, 4.69) is 15.3 Å². The summed E-state index contributed by atoms with van der Waals surface area (Å²) >= 11 is 2.88. The predicted octanol–water partition coefficient (Wildman–Crippen LogP) is 3.90. The molecular formula is C17H13N3O2S2. The van der Waals surface area contributed by atoms with Crippen LogP contribution in [0.3, 0.4) is 0 Å². The van der Waals surface area contributed by atoms with E-state index in [1.165, 1.54) is 11.3 Å². The van der Waals surface area contributed by atoms with Gasteiger partial charge in [-0.2, -0.15) is 0 Å². The van der Waals surface area contributed by atoms with Crippen LogP contribution < -0.4 is 5.32 Å². The van der Waals surface area contributed by atoms with Crippen molar-refractivity contribution in [3.05, 3.63) is 53.6 Å². The Morgan fingerprint density at radius 1 is 1.17 bits per heavy atom. The van der Waals surface area contributed by atoms with Gasteiger partial charge in [0.2, 0.25) is 0 Å². The van der Waals surface area contributed by atoms with Crippen molar-refractivity contribution in [2.24, 2.45) is 4.99 Å². The summed E-state index contributed by atoms with van der Waals surface area (Å²) in [7, 11) is 0. The third-order valence-electron chi connectivity index (χ3n) is 3.42. The first kappa shape index (κ1) is 15.2. The molecule has 3 aromatic rings. The van der Waals surface area contributed by atoms with E-state index in [0.29, 0.717) is 26.5 Å². The summed E-state index contributed by atoms with van der Waals surface area (Å²) in [6, 6.07) is 13.3. The number of carbonyl (C=O) groups excluding carboxylic acids is 1. The van der Waals surface area contributed by atoms with E-state index < -0.39 is 0 Å². The molecule has 2 aromatic heterocycles. The Morgan fingerprint density at radius 3 is 2.75 bits per heavy atom. The molecule has 1 aromatic carbocycles. The van der Waals surface area contributed by atoms with Crippen molar-refractivity contribution in [2.75, 3.05) is 12.3 Å². The average Bonchev–Trinajstić information content (AvgIpc) is 3.36. The molecule has 7 heteroatoms. The Labute approximate surface area is 146 Å². The molecule has 1 amide bonds. The molecule has 0 bridgehead atoms. The first-order chi connectivity index (χ1) is 11.8. The van der Waals surface area contributed by atoms with E-state index in [9.17, 15) is 4.79 Å². The number of amidine groups is 1. The van der Waals surface area contributed by atoms with Crippen molar-refractivity contribution >= 4 is 34.2 Å². The maximum absolute atomic E-state index is 12.7. The Hall–Kier alpha value is -2.38. The molecule has 1 N–H and O–H groups in total. The fourth-order valence-electron chi connectivity index (χ4n) is 2.34. The second kappa shape index (κ2) is 6.62. The highest BCUT2D eigenvalue weighted by atomic mass is 32.2. The molecule has 0 spiro atoms. The van der Waals surface area contributed by atoms with Crippen LogP contribution in [0.4, 0.5) is 0 Å². The number of nitrogens with zero attached hydrogens (tertiary/aromatic N) is 2. The first-order valence-corrected chi connectivity index (χ1v) is 9.20. The van der Waals surface area contributed by atoms with Gasteiger partial charge in [-0.15, -0.1) is 11.3 Å². The largest absolute Gasteiger partial charge is 0.462 e. The van der Waals surface area contributed by atoms with Gasteiger partial charge >= 0.3 is 0 Å². The third kappa shape index (κ3) is 3.00. The number of furan rings is 1. The number of hydrogen-bond acceptors (Lipinski definition) is 6. The summed E-state index contributed by atoms with van der Waals surface area (Å²) in [5.74, 6) is 1.38. The number of benzene rings is 1. The van der Waals surface area contributed by atoms with Crippen LogP contribution in [-0.4, -0.2) is 28.4 Å². The lowest BCUT2D eigenvalue weighted by Gasteiger charge is -2.04. The SMILES string of the molecule is O=C(NC1=NCCS1)c1sc(-c2ccco2)nc1-c1ccccc1. The molecular weight excluding hydrogens is 342 g/mol. The van der Waals surface area contributed by atoms with Gasteiger partial charge in [0.15, 0.2) is 15.9 Å². The minimum atomic E-state index is -0.183. The predicted molar refractivity (Wildman–Crippen MR) is 97.5 cm³/mol. The van der Waals surface area contributed by atoms with Crippen molar-refractivity contribution in [1.29, 1.82) is 0 Å². The topological polar surface area (TPSA) is 67.5 Å². The van der Waals surface area contributed by atoms with Gasteiger partial charge in [0, 0.05) is 11.3 Å². The van der Waals surface area contributed by atoms with Gasteiger partial charge in [0.25, 0.3) is 5.91 Å². The maximum atomic E-state index is 12.7. The molecule has 0 saturated carbocycles. The van der Waals surface area contributed by atoms with E-state index in [-0.39, 0.29) is 5.91 Å². The second-order valence-electron chi connectivity index (χ2n) is 5.03. The summed E-state index contributed by atoms with van der Waals surface area (Å²) in [5, 5.41) is 4.24. The number of amides is 1. The van der Waals surface area contributed by atoms with Crippen LogP contribution in [0.25, 0.3) is 22.0 Å². The summed E-state index contributed by atoms with van der Waals surface area (Å²) in [4.78, 5) is 22.2. The van der Waals surface area contributed by atoms with Gasteiger partial charge in [-0.05, 0) is 12.1 Å². The lowest BCUT2D eigenvalue weighted by atomic mass is 10.1. The molecule has 5 nitrogen and oxygen atoms in total. The van der Waals surface area contributed by atoms with Crippen molar-refractivity contribution in [3.8, 4) is 22.0 Å². The number of nitrogens with one attached hydrogen (secondary N) is 1. The first-order valence-electron chi connectivity index (χ1n) is 7.40. The van der Waals surface area contributed by atoms with Crippen molar-refractivity contribution in [2.45, 2.75) is 0 Å². The zero-order valence-electron chi connectivity index (χ0n) is 12.6. The summed E-state index contributed by atoms with van der Waals surface area (Å²) in [6.07, 6.45) is 1.60. The molecule has 0 fully saturated rings. The molecule has 1 aliphatic rings. The Balaban J connectivity index is 1.74. The van der Waals surface area contributed by atoms with Gasteiger partial charge in [0.05, 0.1) is 18.5 Å². The third-order valence-corrected chi connectivity index (χ3v) is 5.38. The molecule has 0 aliphatic carbocycles. The molecule has 3 heterocycles. The number of carbonyl (C=O) groups is 1. The Bertz CT molecular complexity index is 886. The zero-order chi connectivity index (χ0) is 16.4. The number of aromatic nitrogens is 1. The van der Waals surface area contributed by atoms with Crippen LogP contribution in [0.2, 0.25) is 0 Å². The van der Waals surface area contributed by atoms with Crippen LogP contribution in [-0.2, 0) is 0 Å². The van der Waals surface area contributed by atoms with E-state index in [4.69, 9.17) is 4.42 Å². The minimum absolute atomic E-state index is 0.183. The summed E-state index contributed by atoms with van der Waals surface area (Å²) < 4.78 is 5.43. The minimum Gasteiger partial charge on any atom is -0.462 e. The van der Waals surface area contributed by atoms with E-state index in [1.807, 2.05) is 42.5 Å². The fraction of sp³-hybridized carbons (Fsp3) is 0.118. The normalized spacial score (nSPS) is 13.8. The van der Waals surface area contributed by atoms with Crippen LogP contribution in [0, 0.1) is 0 Å². The van der Waals surface area contributed by atoms with Crippen LogP contribution in [0.5, 0.6) is 0 Å².